The van der Waals surface area contributed by atoms with Crippen LogP contribution in [0.2, 0.25) is 0 Å². The van der Waals surface area contributed by atoms with Gasteiger partial charge in [0, 0.05) is 11.4 Å². The van der Waals surface area contributed by atoms with E-state index in [9.17, 15) is 0 Å². The number of anilines is 2. The number of nitrogen functional groups attached to an aromatic ring is 2. The highest BCUT2D eigenvalue weighted by Gasteiger charge is 2.06. The van der Waals surface area contributed by atoms with Crippen LogP contribution in [0.15, 0.2) is 48.5 Å². The van der Waals surface area contributed by atoms with Crippen LogP contribution in [0.5, 0.6) is 0 Å². The van der Waals surface area contributed by atoms with E-state index in [-0.39, 0.29) is 0 Å². The molecule has 0 aliphatic rings. The second kappa shape index (κ2) is 5.58. The van der Waals surface area contributed by atoms with E-state index in [0.717, 1.165) is 24.2 Å². The van der Waals surface area contributed by atoms with E-state index in [4.69, 9.17) is 11.5 Å². The molecular formula is C16H20N2. The molecule has 0 bridgehead atoms. The van der Waals surface area contributed by atoms with Gasteiger partial charge in [0.05, 0.1) is 0 Å². The standard InChI is InChI=1S/C16H20N2/c1-12(14-5-3-7-16(18)11-14)8-9-13-4-2-6-15(17)10-13/h2-7,10-12H,8-9,17-18H2,1H3. The zero-order valence-electron chi connectivity index (χ0n) is 10.8. The Kier molecular flexibility index (Phi) is 3.88. The molecule has 0 spiro atoms. The van der Waals surface area contributed by atoms with Crippen molar-refractivity contribution in [3.8, 4) is 0 Å². The molecule has 0 aromatic heterocycles. The lowest BCUT2D eigenvalue weighted by Gasteiger charge is -2.12. The van der Waals surface area contributed by atoms with Crippen molar-refractivity contribution in [3.05, 3.63) is 59.7 Å². The molecule has 0 radical (unpaired) electrons. The van der Waals surface area contributed by atoms with Crippen molar-refractivity contribution >= 4 is 11.4 Å². The van der Waals surface area contributed by atoms with Gasteiger partial charge >= 0.3 is 0 Å². The molecule has 2 aromatic rings. The van der Waals surface area contributed by atoms with Gasteiger partial charge in [0.2, 0.25) is 0 Å². The first kappa shape index (κ1) is 12.5. The normalized spacial score (nSPS) is 12.3. The number of rotatable bonds is 4. The highest BCUT2D eigenvalue weighted by atomic mass is 14.5. The van der Waals surface area contributed by atoms with Crippen LogP contribution in [0, 0.1) is 0 Å². The Labute approximate surface area is 109 Å². The van der Waals surface area contributed by atoms with Crippen molar-refractivity contribution in [2.45, 2.75) is 25.7 Å². The molecule has 0 amide bonds. The van der Waals surface area contributed by atoms with E-state index in [2.05, 4.69) is 25.1 Å². The molecule has 2 nitrogen and oxygen atoms in total. The Morgan fingerprint density at radius 3 is 2.28 bits per heavy atom. The van der Waals surface area contributed by atoms with E-state index >= 15 is 0 Å². The van der Waals surface area contributed by atoms with Crippen LogP contribution < -0.4 is 11.5 Å². The van der Waals surface area contributed by atoms with Crippen molar-refractivity contribution in [2.75, 3.05) is 11.5 Å². The maximum absolute atomic E-state index is 5.81. The molecule has 0 fully saturated rings. The van der Waals surface area contributed by atoms with Gasteiger partial charge in [-0.05, 0) is 54.2 Å². The lowest BCUT2D eigenvalue weighted by molar-refractivity contribution is 0.680. The van der Waals surface area contributed by atoms with Crippen molar-refractivity contribution in [2.24, 2.45) is 0 Å². The predicted octanol–water partition coefficient (Wildman–Crippen LogP) is 3.59. The summed E-state index contributed by atoms with van der Waals surface area (Å²) in [4.78, 5) is 0. The smallest absolute Gasteiger partial charge is 0.0316 e. The topological polar surface area (TPSA) is 52.0 Å². The van der Waals surface area contributed by atoms with Crippen LogP contribution in [-0.4, -0.2) is 0 Å². The lowest BCUT2D eigenvalue weighted by Crippen LogP contribution is -1.98. The average molecular weight is 240 g/mol. The molecule has 1 unspecified atom stereocenters. The number of hydrogen-bond donors (Lipinski definition) is 2. The van der Waals surface area contributed by atoms with Gasteiger partial charge in [-0.1, -0.05) is 31.2 Å². The third kappa shape index (κ3) is 3.27. The summed E-state index contributed by atoms with van der Waals surface area (Å²) in [6.45, 7) is 2.24. The third-order valence-electron chi connectivity index (χ3n) is 3.30. The zero-order valence-corrected chi connectivity index (χ0v) is 10.8. The molecule has 0 heterocycles. The van der Waals surface area contributed by atoms with E-state index < -0.39 is 0 Å². The summed E-state index contributed by atoms with van der Waals surface area (Å²) in [5.41, 5.74) is 15.9. The predicted molar refractivity (Wildman–Crippen MR) is 78.4 cm³/mol. The zero-order chi connectivity index (χ0) is 13.0. The van der Waals surface area contributed by atoms with Crippen molar-refractivity contribution in [3.63, 3.8) is 0 Å². The monoisotopic (exact) mass is 240 g/mol. The Hall–Kier alpha value is -1.96. The molecule has 18 heavy (non-hydrogen) atoms. The summed E-state index contributed by atoms with van der Waals surface area (Å²) >= 11 is 0. The van der Waals surface area contributed by atoms with E-state index in [1.807, 2.05) is 30.3 Å². The van der Waals surface area contributed by atoms with Crippen molar-refractivity contribution in [1.29, 1.82) is 0 Å². The Balaban J connectivity index is 1.98. The summed E-state index contributed by atoms with van der Waals surface area (Å²) in [6.07, 6.45) is 2.15. The van der Waals surface area contributed by atoms with E-state index in [1.54, 1.807) is 0 Å². The van der Waals surface area contributed by atoms with Gasteiger partial charge in [-0.25, -0.2) is 0 Å². The van der Waals surface area contributed by atoms with Crippen molar-refractivity contribution in [1.82, 2.24) is 0 Å². The van der Waals surface area contributed by atoms with Crippen LogP contribution in [0.4, 0.5) is 11.4 Å². The third-order valence-corrected chi connectivity index (χ3v) is 3.30. The molecule has 2 rings (SSSR count). The largest absolute Gasteiger partial charge is 0.399 e. The summed E-state index contributed by atoms with van der Waals surface area (Å²) < 4.78 is 0. The quantitative estimate of drug-likeness (QED) is 0.802. The summed E-state index contributed by atoms with van der Waals surface area (Å²) in [6, 6.07) is 16.2. The Morgan fingerprint density at radius 1 is 0.944 bits per heavy atom. The van der Waals surface area contributed by atoms with Gasteiger partial charge in [0.1, 0.15) is 0 Å². The molecule has 1 atom stereocenters. The van der Waals surface area contributed by atoms with E-state index in [0.29, 0.717) is 5.92 Å². The van der Waals surface area contributed by atoms with Gasteiger partial charge in [-0.15, -0.1) is 0 Å². The summed E-state index contributed by atoms with van der Waals surface area (Å²) in [7, 11) is 0. The van der Waals surface area contributed by atoms with Crippen LogP contribution in [0.1, 0.15) is 30.4 Å². The lowest BCUT2D eigenvalue weighted by atomic mass is 9.94. The fourth-order valence-corrected chi connectivity index (χ4v) is 2.16. The molecule has 2 aromatic carbocycles. The van der Waals surface area contributed by atoms with Gasteiger partial charge in [0.15, 0.2) is 0 Å². The molecule has 2 heteroatoms. The fourth-order valence-electron chi connectivity index (χ4n) is 2.16. The second-order valence-corrected chi connectivity index (χ2v) is 4.85. The van der Waals surface area contributed by atoms with Crippen LogP contribution in [-0.2, 0) is 6.42 Å². The first-order valence-electron chi connectivity index (χ1n) is 6.35. The van der Waals surface area contributed by atoms with Crippen LogP contribution >= 0.6 is 0 Å². The molecule has 0 aliphatic carbocycles. The first-order valence-corrected chi connectivity index (χ1v) is 6.35. The van der Waals surface area contributed by atoms with Gasteiger partial charge < -0.3 is 11.5 Å². The van der Waals surface area contributed by atoms with Gasteiger partial charge in [-0.3, -0.25) is 0 Å². The minimum atomic E-state index is 0.509. The van der Waals surface area contributed by atoms with Crippen molar-refractivity contribution < 1.29 is 0 Å². The Bertz CT molecular complexity index is 520. The molecule has 0 saturated heterocycles. The number of nitrogens with two attached hydrogens (primary N) is 2. The minimum absolute atomic E-state index is 0.509. The fraction of sp³-hybridized carbons (Fsp3) is 0.250. The molecule has 0 aliphatic heterocycles. The van der Waals surface area contributed by atoms with Gasteiger partial charge in [0.25, 0.3) is 0 Å². The van der Waals surface area contributed by atoms with E-state index in [1.165, 1.54) is 11.1 Å². The highest BCUT2D eigenvalue weighted by Crippen LogP contribution is 2.23. The molecule has 4 N–H and O–H groups in total. The molecule has 94 valence electrons. The molecular weight excluding hydrogens is 220 g/mol. The maximum atomic E-state index is 5.81. The highest BCUT2D eigenvalue weighted by molar-refractivity contribution is 5.42. The summed E-state index contributed by atoms with van der Waals surface area (Å²) in [5.74, 6) is 0.509. The molecule has 0 saturated carbocycles. The SMILES string of the molecule is CC(CCc1cccc(N)c1)c1cccc(N)c1. The van der Waals surface area contributed by atoms with Crippen LogP contribution in [0.3, 0.4) is 0 Å². The first-order chi connectivity index (χ1) is 8.65. The minimum Gasteiger partial charge on any atom is -0.399 e. The average Bonchev–Trinajstić information content (AvgIpc) is 2.36. The maximum Gasteiger partial charge on any atom is 0.0316 e. The Morgan fingerprint density at radius 2 is 1.61 bits per heavy atom. The number of hydrogen-bond acceptors (Lipinski definition) is 2. The van der Waals surface area contributed by atoms with Crippen LogP contribution in [0.25, 0.3) is 0 Å². The summed E-state index contributed by atoms with van der Waals surface area (Å²) in [5, 5.41) is 0. The second-order valence-electron chi connectivity index (χ2n) is 4.85. The number of benzene rings is 2. The number of aryl methyl sites for hydroxylation is 1. The van der Waals surface area contributed by atoms with Gasteiger partial charge in [-0.2, -0.15) is 0 Å².